The van der Waals surface area contributed by atoms with E-state index in [9.17, 15) is 8.78 Å². The third-order valence-electron chi connectivity index (χ3n) is 2.49. The van der Waals surface area contributed by atoms with E-state index in [-0.39, 0.29) is 16.7 Å². The molecule has 0 amide bonds. The predicted octanol–water partition coefficient (Wildman–Crippen LogP) is 4.14. The lowest BCUT2D eigenvalue weighted by Crippen LogP contribution is -2.00. The van der Waals surface area contributed by atoms with Crippen LogP contribution in [0.1, 0.15) is 12.4 Å². The van der Waals surface area contributed by atoms with Crippen LogP contribution in [-0.4, -0.2) is 9.55 Å². The zero-order valence-electron chi connectivity index (χ0n) is 9.29. The molecule has 96 valence electrons. The second kappa shape index (κ2) is 4.74. The third-order valence-corrected chi connectivity index (χ3v) is 3.20. The largest absolute Gasteiger partial charge is 0.398 e. The zero-order chi connectivity index (χ0) is 13.4. The molecule has 0 aliphatic rings. The molecule has 0 saturated heterocycles. The normalized spacial score (nSPS) is 11.2. The summed E-state index contributed by atoms with van der Waals surface area (Å²) in [4.78, 5) is 4.02. The molecule has 1 heterocycles. The topological polar surface area (TPSA) is 43.8 Å². The maximum absolute atomic E-state index is 12.8. The van der Waals surface area contributed by atoms with Gasteiger partial charge >= 0.3 is 6.55 Å². The lowest BCUT2D eigenvalue weighted by atomic mass is 10.1. The average Bonchev–Trinajstić information content (AvgIpc) is 2.58. The number of hydrogen-bond acceptors (Lipinski definition) is 2. The SMILES string of the molecule is Cc1nc(-c2ccc(Cl)c(N)c2)c(Cl)n1C(F)F. The van der Waals surface area contributed by atoms with Crippen LogP contribution in [0.5, 0.6) is 0 Å². The van der Waals surface area contributed by atoms with Gasteiger partial charge in [0.15, 0.2) is 0 Å². The van der Waals surface area contributed by atoms with E-state index >= 15 is 0 Å². The molecule has 0 aliphatic heterocycles. The third kappa shape index (κ3) is 2.15. The van der Waals surface area contributed by atoms with Gasteiger partial charge in [0.2, 0.25) is 0 Å². The van der Waals surface area contributed by atoms with Gasteiger partial charge in [0.25, 0.3) is 0 Å². The van der Waals surface area contributed by atoms with Gasteiger partial charge in [0.1, 0.15) is 16.7 Å². The number of aryl methyl sites for hydroxylation is 1. The van der Waals surface area contributed by atoms with E-state index < -0.39 is 6.55 Å². The van der Waals surface area contributed by atoms with Crippen molar-refractivity contribution in [3.63, 3.8) is 0 Å². The van der Waals surface area contributed by atoms with Gasteiger partial charge in [-0.05, 0) is 19.1 Å². The average molecular weight is 292 g/mol. The highest BCUT2D eigenvalue weighted by molar-refractivity contribution is 6.33. The molecule has 18 heavy (non-hydrogen) atoms. The number of alkyl halides is 2. The summed E-state index contributed by atoms with van der Waals surface area (Å²) >= 11 is 11.7. The molecule has 0 radical (unpaired) electrons. The van der Waals surface area contributed by atoms with Crippen molar-refractivity contribution in [3.8, 4) is 11.3 Å². The Labute approximate surface area is 112 Å². The van der Waals surface area contributed by atoms with E-state index in [4.69, 9.17) is 28.9 Å². The van der Waals surface area contributed by atoms with Crippen LogP contribution in [0, 0.1) is 6.92 Å². The first-order valence-electron chi connectivity index (χ1n) is 4.99. The van der Waals surface area contributed by atoms with Crippen LogP contribution in [0.2, 0.25) is 10.2 Å². The summed E-state index contributed by atoms with van der Waals surface area (Å²) < 4.78 is 26.2. The van der Waals surface area contributed by atoms with E-state index in [1.54, 1.807) is 18.2 Å². The quantitative estimate of drug-likeness (QED) is 0.845. The molecule has 0 unspecified atom stereocenters. The number of hydrogen-bond donors (Lipinski definition) is 1. The molecular formula is C11H9Cl2F2N3. The Morgan fingerprint density at radius 3 is 2.50 bits per heavy atom. The Bertz CT molecular complexity index is 596. The fourth-order valence-electron chi connectivity index (χ4n) is 1.62. The van der Waals surface area contributed by atoms with Crippen LogP contribution in [0.25, 0.3) is 11.3 Å². The molecule has 1 aromatic carbocycles. The lowest BCUT2D eigenvalue weighted by molar-refractivity contribution is 0.0683. The Hall–Kier alpha value is -1.33. The van der Waals surface area contributed by atoms with E-state index in [0.29, 0.717) is 20.8 Å². The van der Waals surface area contributed by atoms with Crippen molar-refractivity contribution in [3.05, 3.63) is 34.2 Å². The number of nitrogens with zero attached hydrogens (tertiary/aromatic N) is 2. The number of anilines is 1. The number of nitrogens with two attached hydrogens (primary N) is 1. The molecular weight excluding hydrogens is 283 g/mol. The minimum Gasteiger partial charge on any atom is -0.398 e. The Balaban J connectivity index is 2.58. The fourth-order valence-corrected chi connectivity index (χ4v) is 2.08. The van der Waals surface area contributed by atoms with Gasteiger partial charge in [0, 0.05) is 5.56 Å². The first-order valence-corrected chi connectivity index (χ1v) is 5.75. The number of imidazole rings is 1. The number of aromatic nitrogens is 2. The minimum absolute atomic E-state index is 0.121. The van der Waals surface area contributed by atoms with E-state index in [0.717, 1.165) is 0 Å². The van der Waals surface area contributed by atoms with Crippen molar-refractivity contribution < 1.29 is 8.78 Å². The summed E-state index contributed by atoms with van der Waals surface area (Å²) in [5.74, 6) is 0.138. The van der Waals surface area contributed by atoms with Crippen LogP contribution in [-0.2, 0) is 0 Å². The van der Waals surface area contributed by atoms with Crippen molar-refractivity contribution in [2.24, 2.45) is 0 Å². The molecule has 7 heteroatoms. The Kier molecular flexibility index (Phi) is 3.45. The number of rotatable bonds is 2. The van der Waals surface area contributed by atoms with E-state index in [1.807, 2.05) is 0 Å². The molecule has 0 aliphatic carbocycles. The minimum atomic E-state index is -2.73. The summed E-state index contributed by atoms with van der Waals surface area (Å²) in [5, 5.41) is 0.268. The Morgan fingerprint density at radius 2 is 2.00 bits per heavy atom. The van der Waals surface area contributed by atoms with Crippen molar-refractivity contribution in [1.29, 1.82) is 0 Å². The van der Waals surface area contributed by atoms with Gasteiger partial charge in [-0.2, -0.15) is 8.78 Å². The van der Waals surface area contributed by atoms with Gasteiger partial charge in [-0.25, -0.2) is 4.98 Å². The second-order valence-corrected chi connectivity index (χ2v) is 4.45. The van der Waals surface area contributed by atoms with E-state index in [1.165, 1.54) is 6.92 Å². The zero-order valence-corrected chi connectivity index (χ0v) is 10.8. The summed E-state index contributed by atoms with van der Waals surface area (Å²) in [7, 11) is 0. The van der Waals surface area contributed by atoms with Gasteiger partial charge in [-0.3, -0.25) is 4.57 Å². The molecule has 1 aromatic heterocycles. The summed E-state index contributed by atoms with van der Waals surface area (Å²) in [5.41, 5.74) is 6.80. The number of nitrogen functional groups attached to an aromatic ring is 1. The summed E-state index contributed by atoms with van der Waals surface area (Å²) in [6.07, 6.45) is 0. The summed E-state index contributed by atoms with van der Waals surface area (Å²) in [6, 6.07) is 4.74. The molecule has 0 fully saturated rings. The molecule has 0 atom stereocenters. The number of benzene rings is 1. The highest BCUT2D eigenvalue weighted by Crippen LogP contribution is 2.33. The van der Waals surface area contributed by atoms with Crippen LogP contribution in [0.15, 0.2) is 18.2 Å². The molecule has 2 N–H and O–H groups in total. The predicted molar refractivity (Wildman–Crippen MR) is 68.1 cm³/mol. The fraction of sp³-hybridized carbons (Fsp3) is 0.182. The maximum Gasteiger partial charge on any atom is 0.321 e. The standard InChI is InChI=1S/C11H9Cl2F2N3/c1-5-17-9(10(13)18(5)11(14)15)6-2-3-7(12)8(16)4-6/h2-4,11H,16H2,1H3. The first kappa shape index (κ1) is 13.1. The molecule has 0 saturated carbocycles. The van der Waals surface area contributed by atoms with Crippen molar-refractivity contribution >= 4 is 28.9 Å². The first-order chi connectivity index (χ1) is 8.41. The van der Waals surface area contributed by atoms with Gasteiger partial charge in [-0.1, -0.05) is 29.3 Å². The van der Waals surface area contributed by atoms with Crippen molar-refractivity contribution in [2.45, 2.75) is 13.5 Å². The van der Waals surface area contributed by atoms with Gasteiger partial charge in [-0.15, -0.1) is 0 Å². The second-order valence-electron chi connectivity index (χ2n) is 3.68. The van der Waals surface area contributed by atoms with Gasteiger partial charge < -0.3 is 5.73 Å². The smallest absolute Gasteiger partial charge is 0.321 e. The van der Waals surface area contributed by atoms with Gasteiger partial charge in [0.05, 0.1) is 10.7 Å². The molecule has 2 aromatic rings. The van der Waals surface area contributed by atoms with Crippen molar-refractivity contribution in [2.75, 3.05) is 5.73 Å². The van der Waals surface area contributed by atoms with Crippen LogP contribution in [0.3, 0.4) is 0 Å². The monoisotopic (exact) mass is 291 g/mol. The number of halogens is 4. The molecule has 0 bridgehead atoms. The Morgan fingerprint density at radius 1 is 1.33 bits per heavy atom. The summed E-state index contributed by atoms with van der Waals surface area (Å²) in [6.45, 7) is -1.27. The highest BCUT2D eigenvalue weighted by atomic mass is 35.5. The van der Waals surface area contributed by atoms with Crippen LogP contribution < -0.4 is 5.73 Å². The van der Waals surface area contributed by atoms with Crippen molar-refractivity contribution in [1.82, 2.24) is 9.55 Å². The maximum atomic E-state index is 12.8. The molecule has 0 spiro atoms. The molecule has 3 nitrogen and oxygen atoms in total. The highest BCUT2D eigenvalue weighted by Gasteiger charge is 2.20. The van der Waals surface area contributed by atoms with Crippen LogP contribution >= 0.6 is 23.2 Å². The molecule has 2 rings (SSSR count). The lowest BCUT2D eigenvalue weighted by Gasteiger charge is -2.04. The van der Waals surface area contributed by atoms with Crippen LogP contribution in [0.4, 0.5) is 14.5 Å². The van der Waals surface area contributed by atoms with E-state index in [2.05, 4.69) is 4.98 Å².